The van der Waals surface area contributed by atoms with Gasteiger partial charge in [0.05, 0.1) is 12.1 Å². The number of anilines is 2. The van der Waals surface area contributed by atoms with Gasteiger partial charge in [0.2, 0.25) is 0 Å². The fourth-order valence-corrected chi connectivity index (χ4v) is 3.48. The summed E-state index contributed by atoms with van der Waals surface area (Å²) in [5.74, 6) is 2.27. The number of nitrogens with two attached hydrogens (primary N) is 1. The SMILES string of the molecule is CC(C)c1cccc2cnc(Nc3ccnc(-c4cn(CCN)nc4Cl)n3)cc12. The molecule has 3 N–H and O–H groups in total. The highest BCUT2D eigenvalue weighted by Gasteiger charge is 2.13. The van der Waals surface area contributed by atoms with Crippen LogP contribution in [-0.4, -0.2) is 31.3 Å². The van der Waals surface area contributed by atoms with E-state index in [2.05, 4.69) is 63.5 Å². The lowest BCUT2D eigenvalue weighted by molar-refractivity contribution is 0.625. The summed E-state index contributed by atoms with van der Waals surface area (Å²) in [6.45, 7) is 5.43. The van der Waals surface area contributed by atoms with Gasteiger partial charge in [0.15, 0.2) is 11.0 Å². The minimum Gasteiger partial charge on any atom is -0.329 e. The molecule has 0 aliphatic carbocycles. The molecule has 29 heavy (non-hydrogen) atoms. The summed E-state index contributed by atoms with van der Waals surface area (Å²) in [5.41, 5.74) is 7.54. The van der Waals surface area contributed by atoms with Gasteiger partial charge in [0.25, 0.3) is 0 Å². The molecule has 0 amide bonds. The van der Waals surface area contributed by atoms with E-state index in [1.54, 1.807) is 23.1 Å². The molecule has 0 fully saturated rings. The molecule has 1 aromatic carbocycles. The topological polar surface area (TPSA) is 94.5 Å². The first-order chi connectivity index (χ1) is 14.0. The molecule has 4 rings (SSSR count). The summed E-state index contributed by atoms with van der Waals surface area (Å²) in [5, 5.41) is 10.2. The lowest BCUT2D eigenvalue weighted by Gasteiger charge is -2.12. The number of hydrogen-bond acceptors (Lipinski definition) is 6. The van der Waals surface area contributed by atoms with Crippen LogP contribution in [0.5, 0.6) is 0 Å². The summed E-state index contributed by atoms with van der Waals surface area (Å²) < 4.78 is 1.69. The normalized spacial score (nSPS) is 11.3. The van der Waals surface area contributed by atoms with E-state index in [0.717, 1.165) is 11.2 Å². The predicted molar refractivity (Wildman–Crippen MR) is 116 cm³/mol. The van der Waals surface area contributed by atoms with E-state index >= 15 is 0 Å². The van der Waals surface area contributed by atoms with Crippen LogP contribution in [0.2, 0.25) is 5.15 Å². The van der Waals surface area contributed by atoms with Crippen molar-refractivity contribution < 1.29 is 0 Å². The Morgan fingerprint density at radius 3 is 2.83 bits per heavy atom. The van der Waals surface area contributed by atoms with Crippen LogP contribution in [0, 0.1) is 0 Å². The first-order valence-electron chi connectivity index (χ1n) is 9.47. The van der Waals surface area contributed by atoms with E-state index in [1.807, 2.05) is 6.20 Å². The number of aromatic nitrogens is 5. The zero-order chi connectivity index (χ0) is 20.4. The van der Waals surface area contributed by atoms with Crippen molar-refractivity contribution in [2.24, 2.45) is 5.73 Å². The highest BCUT2D eigenvalue weighted by atomic mass is 35.5. The summed E-state index contributed by atoms with van der Waals surface area (Å²) in [7, 11) is 0. The van der Waals surface area contributed by atoms with Crippen LogP contribution in [0.15, 0.2) is 48.9 Å². The Hall–Kier alpha value is -3.03. The molecule has 3 heterocycles. The van der Waals surface area contributed by atoms with Gasteiger partial charge in [-0.25, -0.2) is 15.0 Å². The molecule has 0 bridgehead atoms. The van der Waals surface area contributed by atoms with Crippen LogP contribution in [0.1, 0.15) is 25.3 Å². The molecule has 7 nitrogen and oxygen atoms in total. The predicted octanol–water partition coefficient (Wildman–Crippen LogP) is 4.37. The second-order valence-electron chi connectivity index (χ2n) is 7.07. The Bertz CT molecular complexity index is 1150. The quantitative estimate of drug-likeness (QED) is 0.493. The Morgan fingerprint density at radius 2 is 2.03 bits per heavy atom. The molecular weight excluding hydrogens is 386 g/mol. The maximum absolute atomic E-state index is 6.25. The van der Waals surface area contributed by atoms with Crippen LogP contribution in [0.4, 0.5) is 11.6 Å². The standard InChI is InChI=1S/C21H22ClN7/c1-13(2)15-5-3-4-14-11-25-19(10-16(14)15)26-18-6-8-24-21(27-18)17-12-29(9-7-23)28-20(17)22/h3-6,8,10-13H,7,9,23H2,1-2H3,(H,24,25,26,27). The van der Waals surface area contributed by atoms with Crippen molar-refractivity contribution in [3.63, 3.8) is 0 Å². The van der Waals surface area contributed by atoms with Crippen molar-refractivity contribution in [2.75, 3.05) is 11.9 Å². The number of rotatable bonds is 6. The van der Waals surface area contributed by atoms with Crippen molar-refractivity contribution in [1.29, 1.82) is 0 Å². The highest BCUT2D eigenvalue weighted by molar-refractivity contribution is 6.31. The zero-order valence-corrected chi connectivity index (χ0v) is 17.1. The second kappa shape index (κ2) is 8.14. The summed E-state index contributed by atoms with van der Waals surface area (Å²) in [4.78, 5) is 13.4. The van der Waals surface area contributed by atoms with Crippen molar-refractivity contribution >= 4 is 34.0 Å². The number of fused-ring (bicyclic) bond motifs is 1. The lowest BCUT2D eigenvalue weighted by atomic mass is 9.97. The Balaban J connectivity index is 1.65. The number of nitrogens with zero attached hydrogens (tertiary/aromatic N) is 5. The van der Waals surface area contributed by atoms with Crippen molar-refractivity contribution in [3.8, 4) is 11.4 Å². The Morgan fingerprint density at radius 1 is 1.17 bits per heavy atom. The number of benzene rings is 1. The van der Waals surface area contributed by atoms with Gasteiger partial charge in [0, 0.05) is 30.5 Å². The van der Waals surface area contributed by atoms with Gasteiger partial charge < -0.3 is 11.1 Å². The molecule has 148 valence electrons. The van der Waals surface area contributed by atoms with Crippen LogP contribution in [0.3, 0.4) is 0 Å². The van der Waals surface area contributed by atoms with Crippen LogP contribution < -0.4 is 11.1 Å². The maximum atomic E-state index is 6.25. The number of hydrogen-bond donors (Lipinski definition) is 2. The van der Waals surface area contributed by atoms with Gasteiger partial charge in [-0.05, 0) is 29.0 Å². The van der Waals surface area contributed by atoms with Crippen molar-refractivity contribution in [2.45, 2.75) is 26.3 Å². The molecule has 4 aromatic rings. The molecule has 0 aliphatic rings. The largest absolute Gasteiger partial charge is 0.329 e. The minimum atomic E-state index is 0.348. The number of pyridine rings is 1. The van der Waals surface area contributed by atoms with Gasteiger partial charge in [-0.1, -0.05) is 43.6 Å². The average molecular weight is 408 g/mol. The Kier molecular flexibility index (Phi) is 5.42. The molecular formula is C21H22ClN7. The van der Waals surface area contributed by atoms with Crippen LogP contribution in [0.25, 0.3) is 22.2 Å². The molecule has 0 radical (unpaired) electrons. The highest BCUT2D eigenvalue weighted by Crippen LogP contribution is 2.28. The summed E-state index contributed by atoms with van der Waals surface area (Å²) >= 11 is 6.25. The van der Waals surface area contributed by atoms with Gasteiger partial charge in [-0.15, -0.1) is 0 Å². The minimum absolute atomic E-state index is 0.348. The maximum Gasteiger partial charge on any atom is 0.166 e. The monoisotopic (exact) mass is 407 g/mol. The molecule has 0 saturated heterocycles. The third-order valence-electron chi connectivity index (χ3n) is 4.65. The van der Waals surface area contributed by atoms with Crippen LogP contribution >= 0.6 is 11.6 Å². The Labute approximate surface area is 174 Å². The van der Waals surface area contributed by atoms with Crippen molar-refractivity contribution in [1.82, 2.24) is 24.7 Å². The summed E-state index contributed by atoms with van der Waals surface area (Å²) in [6.07, 6.45) is 5.36. The third-order valence-corrected chi connectivity index (χ3v) is 4.93. The van der Waals surface area contributed by atoms with Gasteiger partial charge >= 0.3 is 0 Å². The third kappa shape index (κ3) is 4.06. The first-order valence-corrected chi connectivity index (χ1v) is 9.85. The van der Waals surface area contributed by atoms with E-state index in [1.165, 1.54) is 10.9 Å². The van der Waals surface area contributed by atoms with Gasteiger partial charge in [-0.3, -0.25) is 4.68 Å². The van der Waals surface area contributed by atoms with E-state index in [4.69, 9.17) is 17.3 Å². The molecule has 3 aromatic heterocycles. The summed E-state index contributed by atoms with van der Waals surface area (Å²) in [6, 6.07) is 10.1. The van der Waals surface area contributed by atoms with E-state index in [9.17, 15) is 0 Å². The average Bonchev–Trinajstić information content (AvgIpc) is 3.08. The fraction of sp³-hybridized carbons (Fsp3) is 0.238. The van der Waals surface area contributed by atoms with Crippen molar-refractivity contribution in [3.05, 3.63) is 59.6 Å². The van der Waals surface area contributed by atoms with Gasteiger partial charge in [-0.2, -0.15) is 5.10 Å². The number of halogens is 1. The molecule has 0 spiro atoms. The zero-order valence-electron chi connectivity index (χ0n) is 16.3. The smallest absolute Gasteiger partial charge is 0.166 e. The van der Waals surface area contributed by atoms with Gasteiger partial charge in [0.1, 0.15) is 11.6 Å². The lowest BCUT2D eigenvalue weighted by Crippen LogP contribution is -2.09. The molecule has 8 heteroatoms. The second-order valence-corrected chi connectivity index (χ2v) is 7.43. The van der Waals surface area contributed by atoms with E-state index in [-0.39, 0.29) is 0 Å². The van der Waals surface area contributed by atoms with E-state index in [0.29, 0.717) is 41.4 Å². The molecule has 0 saturated carbocycles. The number of nitrogens with one attached hydrogen (secondary N) is 1. The molecule has 0 atom stereocenters. The van der Waals surface area contributed by atoms with E-state index < -0.39 is 0 Å². The molecule has 0 unspecified atom stereocenters. The molecule has 0 aliphatic heterocycles. The fourth-order valence-electron chi connectivity index (χ4n) is 3.25. The van der Waals surface area contributed by atoms with Crippen LogP contribution in [-0.2, 0) is 6.54 Å². The first kappa shape index (κ1) is 19.3.